The van der Waals surface area contributed by atoms with Gasteiger partial charge in [0.05, 0.1) is 17.7 Å². The number of nitrogens with zero attached hydrogens (tertiary/aromatic N) is 4. The molecule has 0 fully saturated rings. The smallest absolute Gasteiger partial charge is 0.358 e. The van der Waals surface area contributed by atoms with E-state index in [1.807, 2.05) is 0 Å². The van der Waals surface area contributed by atoms with Gasteiger partial charge in [-0.2, -0.15) is 0 Å². The number of nitrogens with two attached hydrogens (primary N) is 1. The van der Waals surface area contributed by atoms with E-state index < -0.39 is 5.97 Å². The third kappa shape index (κ3) is 4.07. The Morgan fingerprint density at radius 3 is 2.90 bits per heavy atom. The lowest BCUT2D eigenvalue weighted by atomic mass is 10.4. The van der Waals surface area contributed by atoms with Crippen molar-refractivity contribution < 1.29 is 14.7 Å². The van der Waals surface area contributed by atoms with Crippen LogP contribution in [0.3, 0.4) is 0 Å². The minimum atomic E-state index is -1.14. The van der Waals surface area contributed by atoms with Gasteiger partial charge in [-0.05, 0) is 6.54 Å². The molecule has 4 N–H and O–H groups in total. The second kappa shape index (κ2) is 6.90. The minimum Gasteiger partial charge on any atom is -0.476 e. The molecule has 0 unspecified atom stereocenters. The van der Waals surface area contributed by atoms with Crippen molar-refractivity contribution in [3.05, 3.63) is 28.0 Å². The number of rotatable bonds is 7. The number of carboxylic acids is 1. The first kappa shape index (κ1) is 15.1. The van der Waals surface area contributed by atoms with Crippen LogP contribution in [-0.4, -0.2) is 50.1 Å². The number of amides is 1. The van der Waals surface area contributed by atoms with Gasteiger partial charge in [-0.15, -0.1) is 16.4 Å². The molecule has 0 radical (unpaired) electrons. The van der Waals surface area contributed by atoms with Gasteiger partial charge in [0.2, 0.25) is 0 Å². The highest BCUT2D eigenvalue weighted by molar-refractivity contribution is 7.09. The molecule has 2 aromatic heterocycles. The first-order valence-electron chi connectivity index (χ1n) is 6.16. The SMILES string of the molecule is NCCc1nc(C(=O)NCCn2cc(C(=O)O)nn2)cs1. The standard InChI is InChI=1S/C11H14N6O3S/c12-2-1-9-14-8(6-21-9)10(18)13-3-4-17-5-7(11(19)20)15-16-17/h5-6H,1-4,12H2,(H,13,18)(H,19,20). The van der Waals surface area contributed by atoms with E-state index in [0.29, 0.717) is 31.7 Å². The van der Waals surface area contributed by atoms with Crippen molar-refractivity contribution >= 4 is 23.2 Å². The van der Waals surface area contributed by atoms with E-state index in [1.54, 1.807) is 5.38 Å². The van der Waals surface area contributed by atoms with Gasteiger partial charge in [0.25, 0.3) is 5.91 Å². The van der Waals surface area contributed by atoms with Crippen molar-refractivity contribution in [2.75, 3.05) is 13.1 Å². The molecule has 21 heavy (non-hydrogen) atoms. The Balaban J connectivity index is 1.81. The van der Waals surface area contributed by atoms with Crippen LogP contribution in [0.2, 0.25) is 0 Å². The summed E-state index contributed by atoms with van der Waals surface area (Å²) in [5, 5.41) is 21.0. The van der Waals surface area contributed by atoms with Crippen molar-refractivity contribution in [3.63, 3.8) is 0 Å². The number of hydrogen-bond acceptors (Lipinski definition) is 7. The molecule has 0 atom stereocenters. The molecule has 10 heteroatoms. The third-order valence-electron chi connectivity index (χ3n) is 2.53. The molecule has 112 valence electrons. The molecule has 2 heterocycles. The second-order valence-corrected chi connectivity index (χ2v) is 5.04. The van der Waals surface area contributed by atoms with Crippen molar-refractivity contribution in [3.8, 4) is 0 Å². The van der Waals surface area contributed by atoms with Crippen LogP contribution in [0, 0.1) is 0 Å². The van der Waals surface area contributed by atoms with Crippen LogP contribution in [0.15, 0.2) is 11.6 Å². The molecule has 0 bridgehead atoms. The highest BCUT2D eigenvalue weighted by Gasteiger charge is 2.11. The zero-order valence-corrected chi connectivity index (χ0v) is 11.8. The average Bonchev–Trinajstić information content (AvgIpc) is 3.08. The van der Waals surface area contributed by atoms with Crippen LogP contribution in [0.1, 0.15) is 26.0 Å². The molecular formula is C11H14N6O3S. The zero-order valence-electron chi connectivity index (χ0n) is 11.0. The summed E-state index contributed by atoms with van der Waals surface area (Å²) in [7, 11) is 0. The monoisotopic (exact) mass is 310 g/mol. The molecule has 0 saturated carbocycles. The number of aromatic nitrogens is 4. The molecule has 1 amide bonds. The number of carbonyl (C=O) groups excluding carboxylic acids is 1. The van der Waals surface area contributed by atoms with Gasteiger partial charge in [0.15, 0.2) is 5.69 Å². The van der Waals surface area contributed by atoms with E-state index in [4.69, 9.17) is 10.8 Å². The number of hydrogen-bond donors (Lipinski definition) is 3. The van der Waals surface area contributed by atoms with Gasteiger partial charge < -0.3 is 16.2 Å². The van der Waals surface area contributed by atoms with E-state index in [1.165, 1.54) is 22.2 Å². The predicted octanol–water partition coefficient (Wildman–Crippen LogP) is -0.636. The molecule has 0 aliphatic carbocycles. The van der Waals surface area contributed by atoms with Crippen LogP contribution in [0.25, 0.3) is 0 Å². The van der Waals surface area contributed by atoms with E-state index in [9.17, 15) is 9.59 Å². The van der Waals surface area contributed by atoms with E-state index in [-0.39, 0.29) is 11.6 Å². The Morgan fingerprint density at radius 2 is 2.24 bits per heavy atom. The van der Waals surface area contributed by atoms with Gasteiger partial charge in [0, 0.05) is 18.3 Å². The summed E-state index contributed by atoms with van der Waals surface area (Å²) in [6.07, 6.45) is 1.95. The van der Waals surface area contributed by atoms with E-state index in [2.05, 4.69) is 20.6 Å². The van der Waals surface area contributed by atoms with Gasteiger partial charge in [0.1, 0.15) is 5.69 Å². The number of nitrogens with one attached hydrogen (secondary N) is 1. The molecular weight excluding hydrogens is 296 g/mol. The van der Waals surface area contributed by atoms with Crippen LogP contribution in [0.4, 0.5) is 0 Å². The maximum atomic E-state index is 11.8. The van der Waals surface area contributed by atoms with Crippen molar-refractivity contribution in [2.24, 2.45) is 5.73 Å². The Morgan fingerprint density at radius 1 is 1.43 bits per heavy atom. The number of thiazole rings is 1. The number of carboxylic acid groups (broad SMARTS) is 1. The topological polar surface area (TPSA) is 136 Å². The van der Waals surface area contributed by atoms with E-state index in [0.717, 1.165) is 5.01 Å². The Hall–Kier alpha value is -2.33. The summed E-state index contributed by atoms with van der Waals surface area (Å²) < 4.78 is 1.35. The molecule has 0 saturated heterocycles. The molecule has 0 aromatic carbocycles. The lowest BCUT2D eigenvalue weighted by Gasteiger charge is -2.02. The molecule has 2 aromatic rings. The summed E-state index contributed by atoms with van der Waals surface area (Å²) in [6, 6.07) is 0. The zero-order chi connectivity index (χ0) is 15.2. The fourth-order valence-electron chi connectivity index (χ4n) is 1.53. The Labute approximate surface area is 123 Å². The van der Waals surface area contributed by atoms with Crippen LogP contribution >= 0.6 is 11.3 Å². The maximum Gasteiger partial charge on any atom is 0.358 e. The average molecular weight is 310 g/mol. The van der Waals surface area contributed by atoms with Crippen molar-refractivity contribution in [1.82, 2.24) is 25.3 Å². The molecule has 0 aliphatic rings. The summed E-state index contributed by atoms with van der Waals surface area (Å²) in [5.74, 6) is -1.42. The number of aromatic carboxylic acids is 1. The predicted molar refractivity (Wildman–Crippen MR) is 74.2 cm³/mol. The molecule has 9 nitrogen and oxygen atoms in total. The highest BCUT2D eigenvalue weighted by atomic mass is 32.1. The van der Waals surface area contributed by atoms with Gasteiger partial charge in [-0.1, -0.05) is 5.21 Å². The second-order valence-electron chi connectivity index (χ2n) is 4.09. The largest absolute Gasteiger partial charge is 0.476 e. The summed E-state index contributed by atoms with van der Waals surface area (Å²) in [4.78, 5) is 26.6. The number of carbonyl (C=O) groups is 2. The Bertz CT molecular complexity index is 637. The fourth-order valence-corrected chi connectivity index (χ4v) is 2.33. The first-order valence-corrected chi connectivity index (χ1v) is 7.04. The summed E-state index contributed by atoms with van der Waals surface area (Å²) in [6.45, 7) is 1.11. The molecule has 0 aliphatic heterocycles. The van der Waals surface area contributed by atoms with Crippen LogP contribution < -0.4 is 11.1 Å². The first-order chi connectivity index (χ1) is 10.1. The summed E-state index contributed by atoms with van der Waals surface area (Å²) in [5.41, 5.74) is 5.65. The van der Waals surface area contributed by atoms with E-state index >= 15 is 0 Å². The van der Waals surface area contributed by atoms with Crippen LogP contribution in [-0.2, 0) is 13.0 Å². The van der Waals surface area contributed by atoms with Crippen LogP contribution in [0.5, 0.6) is 0 Å². The van der Waals surface area contributed by atoms with Gasteiger partial charge in [-0.3, -0.25) is 4.79 Å². The van der Waals surface area contributed by atoms with Gasteiger partial charge >= 0.3 is 5.97 Å². The highest BCUT2D eigenvalue weighted by Crippen LogP contribution is 2.09. The third-order valence-corrected chi connectivity index (χ3v) is 3.44. The summed E-state index contributed by atoms with van der Waals surface area (Å²) >= 11 is 1.39. The molecule has 2 rings (SSSR count). The Kier molecular flexibility index (Phi) is 4.95. The quantitative estimate of drug-likeness (QED) is 0.619. The lowest BCUT2D eigenvalue weighted by Crippen LogP contribution is -2.27. The lowest BCUT2D eigenvalue weighted by molar-refractivity contribution is 0.0690. The van der Waals surface area contributed by atoms with Gasteiger partial charge in [-0.25, -0.2) is 14.5 Å². The normalized spacial score (nSPS) is 10.5. The van der Waals surface area contributed by atoms with Crippen molar-refractivity contribution in [2.45, 2.75) is 13.0 Å². The molecule has 0 spiro atoms. The fraction of sp³-hybridized carbons (Fsp3) is 0.364. The van der Waals surface area contributed by atoms with Crippen molar-refractivity contribution in [1.29, 1.82) is 0 Å². The maximum absolute atomic E-state index is 11.8. The minimum absolute atomic E-state index is 0.132.